The van der Waals surface area contributed by atoms with Crippen molar-refractivity contribution in [3.8, 4) is 56.3 Å². The number of fused-ring (bicyclic) bond motifs is 7. The van der Waals surface area contributed by atoms with E-state index < -0.39 is 0 Å². The second kappa shape index (κ2) is 12.6. The minimum atomic E-state index is 0.686. The van der Waals surface area contributed by atoms with Gasteiger partial charge in [0.25, 0.3) is 0 Å². The van der Waals surface area contributed by atoms with Crippen molar-refractivity contribution in [2.45, 2.75) is 0 Å². The number of rotatable bonds is 5. The predicted octanol–water partition coefficient (Wildman–Crippen LogP) is 12.5. The Morgan fingerprint density at radius 3 is 1.64 bits per heavy atom. The lowest BCUT2D eigenvalue weighted by Gasteiger charge is -2.12. The zero-order chi connectivity index (χ0) is 36.3. The van der Waals surface area contributed by atoms with E-state index in [1.807, 2.05) is 24.4 Å². The van der Waals surface area contributed by atoms with Crippen LogP contribution >= 0.6 is 0 Å². The molecule has 0 unspecified atom stereocenters. The molecule has 11 rings (SSSR count). The Bertz CT molecular complexity index is 3170. The summed E-state index contributed by atoms with van der Waals surface area (Å²) in [7, 11) is 0. The molecule has 0 fully saturated rings. The van der Waals surface area contributed by atoms with Gasteiger partial charge < -0.3 is 0 Å². The highest BCUT2D eigenvalue weighted by Crippen LogP contribution is 2.36. The lowest BCUT2D eigenvalue weighted by Crippen LogP contribution is -1.96. The van der Waals surface area contributed by atoms with Crippen LogP contribution in [0.3, 0.4) is 0 Å². The summed E-state index contributed by atoms with van der Waals surface area (Å²) in [6.45, 7) is 0. The minimum Gasteiger partial charge on any atom is -0.284 e. The average Bonchev–Trinajstić information content (AvgIpc) is 3.65. The fourth-order valence-electron chi connectivity index (χ4n) is 7.78. The fourth-order valence-corrected chi connectivity index (χ4v) is 7.78. The Kier molecular flexibility index (Phi) is 7.10. The van der Waals surface area contributed by atoms with E-state index in [1.54, 1.807) is 0 Å². The van der Waals surface area contributed by atoms with Gasteiger partial charge in [-0.05, 0) is 69.1 Å². The summed E-state index contributed by atoms with van der Waals surface area (Å²) in [5, 5.41) is 6.94. The van der Waals surface area contributed by atoms with Crippen molar-refractivity contribution in [3.05, 3.63) is 188 Å². The number of nitrogens with zero attached hydrogens (tertiary/aromatic N) is 5. The van der Waals surface area contributed by atoms with Gasteiger partial charge in [0.2, 0.25) is 0 Å². The van der Waals surface area contributed by atoms with Crippen molar-refractivity contribution in [1.82, 2.24) is 24.3 Å². The zero-order valence-electron chi connectivity index (χ0n) is 29.6. The van der Waals surface area contributed by atoms with Gasteiger partial charge >= 0.3 is 0 Å². The summed E-state index contributed by atoms with van der Waals surface area (Å²) in [6.07, 6.45) is 2.03. The highest BCUT2D eigenvalue weighted by Gasteiger charge is 2.16. The predicted molar refractivity (Wildman–Crippen MR) is 226 cm³/mol. The summed E-state index contributed by atoms with van der Waals surface area (Å²) >= 11 is 0. The van der Waals surface area contributed by atoms with E-state index in [9.17, 15) is 0 Å². The van der Waals surface area contributed by atoms with Crippen LogP contribution in [0.5, 0.6) is 0 Å². The van der Waals surface area contributed by atoms with Crippen molar-refractivity contribution in [1.29, 1.82) is 0 Å². The van der Waals surface area contributed by atoms with E-state index in [0.717, 1.165) is 78.0 Å². The summed E-state index contributed by atoms with van der Waals surface area (Å²) in [4.78, 5) is 20.5. The topological polar surface area (TPSA) is 56.0 Å². The van der Waals surface area contributed by atoms with Crippen LogP contribution in [0.25, 0.3) is 105 Å². The molecule has 7 aromatic carbocycles. The number of pyridine rings is 2. The third-order valence-electron chi connectivity index (χ3n) is 10.6. The van der Waals surface area contributed by atoms with Crippen LogP contribution in [0.2, 0.25) is 0 Å². The summed E-state index contributed by atoms with van der Waals surface area (Å²) in [5.41, 5.74) is 11.7. The van der Waals surface area contributed by atoms with Crippen LogP contribution in [0, 0.1) is 0 Å². The van der Waals surface area contributed by atoms with Crippen LogP contribution < -0.4 is 0 Å². The van der Waals surface area contributed by atoms with Crippen LogP contribution in [-0.2, 0) is 0 Å². The first-order chi connectivity index (χ1) is 27.2. The highest BCUT2D eigenvalue weighted by atomic mass is 15.1. The molecular weight excluding hydrogens is 671 g/mol. The maximum Gasteiger partial charge on any atom is 0.165 e. The molecule has 4 heterocycles. The fraction of sp³-hybridized carbons (Fsp3) is 0. The Balaban J connectivity index is 1.00. The molecule has 0 aliphatic heterocycles. The van der Waals surface area contributed by atoms with E-state index in [1.165, 1.54) is 21.5 Å². The molecule has 0 amide bonds. The second-order valence-electron chi connectivity index (χ2n) is 14.0. The molecule has 5 nitrogen and oxygen atoms in total. The summed E-state index contributed by atoms with van der Waals surface area (Å²) in [6, 6.07) is 63.7. The van der Waals surface area contributed by atoms with Gasteiger partial charge in [-0.1, -0.05) is 146 Å². The average molecular weight is 702 g/mol. The van der Waals surface area contributed by atoms with E-state index in [-0.39, 0.29) is 0 Å². The number of hydrogen-bond acceptors (Lipinski definition) is 4. The molecule has 0 N–H and O–H groups in total. The maximum absolute atomic E-state index is 5.23. The molecule has 256 valence electrons. The van der Waals surface area contributed by atoms with Crippen molar-refractivity contribution >= 4 is 49.1 Å². The van der Waals surface area contributed by atoms with Crippen LogP contribution in [0.1, 0.15) is 0 Å². The molecule has 0 aliphatic carbocycles. The normalized spacial score (nSPS) is 11.6. The number of hydrogen-bond donors (Lipinski definition) is 0. The first-order valence-electron chi connectivity index (χ1n) is 18.5. The van der Waals surface area contributed by atoms with Crippen LogP contribution in [-0.4, -0.2) is 24.3 Å². The molecule has 0 radical (unpaired) electrons. The smallest absolute Gasteiger partial charge is 0.165 e. The third-order valence-corrected chi connectivity index (χ3v) is 10.6. The zero-order valence-corrected chi connectivity index (χ0v) is 29.6. The first kappa shape index (κ1) is 31.1. The van der Waals surface area contributed by atoms with Crippen molar-refractivity contribution in [3.63, 3.8) is 0 Å². The van der Waals surface area contributed by atoms with Gasteiger partial charge in [0, 0.05) is 39.2 Å². The summed E-state index contributed by atoms with van der Waals surface area (Å²) < 4.78 is 2.07. The Morgan fingerprint density at radius 2 is 0.927 bits per heavy atom. The Labute approximate surface area is 316 Å². The van der Waals surface area contributed by atoms with Gasteiger partial charge in [0.05, 0.1) is 17.1 Å². The van der Waals surface area contributed by atoms with Gasteiger partial charge in [0.1, 0.15) is 11.2 Å². The molecular formula is C50H31N5. The van der Waals surface area contributed by atoms with E-state index in [2.05, 4.69) is 168 Å². The second-order valence-corrected chi connectivity index (χ2v) is 14.0. The number of imidazole rings is 1. The van der Waals surface area contributed by atoms with E-state index in [4.69, 9.17) is 19.9 Å². The molecule has 0 aliphatic rings. The minimum absolute atomic E-state index is 0.686. The number of aromatic nitrogens is 5. The van der Waals surface area contributed by atoms with Gasteiger partial charge in [-0.25, -0.2) is 19.9 Å². The number of benzene rings is 7. The highest BCUT2D eigenvalue weighted by molar-refractivity contribution is 6.09. The Hall–Kier alpha value is -7.50. The molecule has 11 aromatic rings. The molecule has 0 bridgehead atoms. The lowest BCUT2D eigenvalue weighted by atomic mass is 9.98. The molecule has 5 heteroatoms. The monoisotopic (exact) mass is 701 g/mol. The van der Waals surface area contributed by atoms with Crippen LogP contribution in [0.15, 0.2) is 188 Å². The van der Waals surface area contributed by atoms with Crippen molar-refractivity contribution in [2.24, 2.45) is 0 Å². The lowest BCUT2D eigenvalue weighted by molar-refractivity contribution is 1.18. The van der Waals surface area contributed by atoms with Gasteiger partial charge in [-0.3, -0.25) is 4.40 Å². The molecule has 0 saturated heterocycles. The van der Waals surface area contributed by atoms with Crippen LogP contribution in [0.4, 0.5) is 0 Å². The maximum atomic E-state index is 5.23. The third kappa shape index (κ3) is 5.41. The van der Waals surface area contributed by atoms with E-state index >= 15 is 0 Å². The van der Waals surface area contributed by atoms with Gasteiger partial charge in [0.15, 0.2) is 11.5 Å². The Morgan fingerprint density at radius 1 is 0.345 bits per heavy atom. The molecule has 0 saturated carbocycles. The molecule has 0 spiro atoms. The molecule has 4 aromatic heterocycles. The molecule has 55 heavy (non-hydrogen) atoms. The largest absolute Gasteiger partial charge is 0.284 e. The quantitative estimate of drug-likeness (QED) is 0.179. The SMILES string of the molecule is c1cc(-c2ccc(-c3nc(-c4ccc5ccccc5c4)cc(-c4ccc5ccccc5c4)n3)cc2)cc(-c2nc3c(nc4ccccn43)c3ccccc23)c1. The van der Waals surface area contributed by atoms with Gasteiger partial charge in [-0.15, -0.1) is 0 Å². The standard InChI is InChI=1S/C50H31N5/c1-3-12-36-28-39(25-21-32(36)10-1)44-31-45(40-26-22-33-11-2-4-13-37(33)29-40)52-49(51-44)35-23-19-34(20-24-35)38-14-9-15-41(30-38)47-42-16-5-6-17-43(42)48-50(54-47)55-27-8-7-18-46(55)53-48/h1-31H. The van der Waals surface area contributed by atoms with E-state index in [0.29, 0.717) is 5.82 Å². The first-order valence-corrected chi connectivity index (χ1v) is 18.5. The van der Waals surface area contributed by atoms with Crippen molar-refractivity contribution < 1.29 is 0 Å². The molecule has 0 atom stereocenters. The van der Waals surface area contributed by atoms with Crippen molar-refractivity contribution in [2.75, 3.05) is 0 Å². The van der Waals surface area contributed by atoms with Gasteiger partial charge in [-0.2, -0.15) is 0 Å². The summed E-state index contributed by atoms with van der Waals surface area (Å²) in [5.74, 6) is 0.686.